The molecule has 0 aliphatic rings. The van der Waals surface area contributed by atoms with Gasteiger partial charge in [0.15, 0.2) is 0 Å². The van der Waals surface area contributed by atoms with E-state index in [-0.39, 0.29) is 19.1 Å². The van der Waals surface area contributed by atoms with E-state index >= 15 is 0 Å². The van der Waals surface area contributed by atoms with Crippen LogP contribution in [0.4, 0.5) is 0 Å². The second-order valence-electron chi connectivity index (χ2n) is 1.86. The van der Waals surface area contributed by atoms with E-state index in [0.717, 1.165) is 0 Å². The second-order valence-corrected chi connectivity index (χ2v) is 1.86. The molecule has 0 radical (unpaired) electrons. The van der Waals surface area contributed by atoms with E-state index < -0.39 is 0 Å². The molecule has 0 unspecified atom stereocenters. The van der Waals surface area contributed by atoms with Crippen molar-refractivity contribution in [3.05, 3.63) is 11.4 Å². The van der Waals surface area contributed by atoms with Crippen LogP contribution in [0, 0.1) is 6.57 Å². The molecule has 0 aromatic heterocycles. The van der Waals surface area contributed by atoms with Gasteiger partial charge in [-0.25, -0.2) is 6.57 Å². The summed E-state index contributed by atoms with van der Waals surface area (Å²) in [6.07, 6.45) is 0. The van der Waals surface area contributed by atoms with Crippen LogP contribution in [0.25, 0.3) is 4.85 Å². The molecule has 56 valence electrons. The predicted octanol–water partition coefficient (Wildman–Crippen LogP) is -0.644. The third kappa shape index (κ3) is 3.05. The fourth-order valence-corrected chi connectivity index (χ4v) is 0.463. The molecule has 0 heterocycles. The van der Waals surface area contributed by atoms with Crippen molar-refractivity contribution in [1.29, 1.82) is 0 Å². The number of carbonyl (C=O) groups is 1. The molecule has 0 aromatic rings. The first kappa shape index (κ1) is 8.92. The number of likely N-dealkylation sites (N-methyl/N-ethyl adjacent to an activating group) is 1. The summed E-state index contributed by atoms with van der Waals surface area (Å²) in [6.45, 7) is 6.49. The Bertz CT molecular complexity index is 150. The zero-order chi connectivity index (χ0) is 7.98. The number of nitrogens with zero attached hydrogens (tertiary/aromatic N) is 2. The molecule has 0 fully saturated rings. The molecular weight excluding hydrogens is 132 g/mol. The number of carbonyl (C=O) groups excluding carboxylic acids is 1. The van der Waals surface area contributed by atoms with Crippen LogP contribution in [-0.4, -0.2) is 42.7 Å². The number of hydrogen-bond donors (Lipinski definition) is 1. The Morgan fingerprint density at radius 3 is 2.80 bits per heavy atom. The van der Waals surface area contributed by atoms with Gasteiger partial charge < -0.3 is 14.9 Å². The minimum absolute atomic E-state index is 0.0553. The first-order valence-electron chi connectivity index (χ1n) is 2.90. The molecule has 1 N–H and O–H groups in total. The highest BCUT2D eigenvalue weighted by atomic mass is 16.3. The van der Waals surface area contributed by atoms with Gasteiger partial charge in [-0.1, -0.05) is 0 Å². The second kappa shape index (κ2) is 4.77. The van der Waals surface area contributed by atoms with Crippen molar-refractivity contribution in [2.24, 2.45) is 0 Å². The monoisotopic (exact) mass is 142 g/mol. The zero-order valence-electron chi connectivity index (χ0n) is 5.87. The van der Waals surface area contributed by atoms with Crippen LogP contribution in [0.1, 0.15) is 0 Å². The van der Waals surface area contributed by atoms with Crippen molar-refractivity contribution < 1.29 is 9.90 Å². The highest BCUT2D eigenvalue weighted by Crippen LogP contribution is 1.83. The molecule has 0 atom stereocenters. The molecule has 0 aliphatic carbocycles. The highest BCUT2D eigenvalue weighted by molar-refractivity contribution is 5.79. The summed E-state index contributed by atoms with van der Waals surface area (Å²) in [5, 5.41) is 8.38. The minimum atomic E-state index is -0.246. The molecule has 0 bridgehead atoms. The first-order valence-corrected chi connectivity index (χ1v) is 2.90. The molecule has 0 saturated heterocycles. The molecule has 0 spiro atoms. The SMILES string of the molecule is [C-]#[N+]CC(=O)N(C)CCO. The third-order valence-corrected chi connectivity index (χ3v) is 1.08. The van der Waals surface area contributed by atoms with Gasteiger partial charge in [-0.05, 0) is 0 Å². The van der Waals surface area contributed by atoms with Gasteiger partial charge >= 0.3 is 5.91 Å². The Labute approximate surface area is 59.9 Å². The Balaban J connectivity index is 3.62. The molecular formula is C6H10N2O2. The van der Waals surface area contributed by atoms with Gasteiger partial charge in [-0.2, -0.15) is 0 Å². The fraction of sp³-hybridized carbons (Fsp3) is 0.667. The van der Waals surface area contributed by atoms with Crippen LogP contribution in [-0.2, 0) is 4.79 Å². The lowest BCUT2D eigenvalue weighted by Crippen LogP contribution is -2.30. The Morgan fingerprint density at radius 1 is 1.80 bits per heavy atom. The standard InChI is InChI=1S/C6H10N2O2/c1-7-5-6(10)8(2)3-4-9/h9H,3-5H2,2H3. The lowest BCUT2D eigenvalue weighted by molar-refractivity contribution is -0.128. The van der Waals surface area contributed by atoms with Gasteiger partial charge in [0.25, 0.3) is 6.54 Å². The maximum absolute atomic E-state index is 10.7. The van der Waals surface area contributed by atoms with Gasteiger partial charge in [0.2, 0.25) is 0 Å². The number of rotatable bonds is 3. The van der Waals surface area contributed by atoms with Crippen LogP contribution >= 0.6 is 0 Å². The molecule has 0 rings (SSSR count). The van der Waals surface area contributed by atoms with E-state index in [9.17, 15) is 4.79 Å². The molecule has 0 saturated carbocycles. The Morgan fingerprint density at radius 2 is 2.40 bits per heavy atom. The molecule has 4 nitrogen and oxygen atoms in total. The van der Waals surface area contributed by atoms with Crippen LogP contribution in [0.5, 0.6) is 0 Å². The van der Waals surface area contributed by atoms with Crippen LogP contribution in [0.2, 0.25) is 0 Å². The largest absolute Gasteiger partial charge is 0.395 e. The molecule has 4 heteroatoms. The number of hydrogen-bond acceptors (Lipinski definition) is 2. The van der Waals surface area contributed by atoms with Gasteiger partial charge in [-0.15, -0.1) is 0 Å². The average molecular weight is 142 g/mol. The maximum Gasteiger partial charge on any atom is 0.302 e. The van der Waals surface area contributed by atoms with E-state index in [1.165, 1.54) is 4.90 Å². The van der Waals surface area contributed by atoms with Gasteiger partial charge in [0, 0.05) is 13.6 Å². The van der Waals surface area contributed by atoms with Crippen molar-refractivity contribution in [3.63, 3.8) is 0 Å². The quantitative estimate of drug-likeness (QED) is 0.532. The van der Waals surface area contributed by atoms with E-state index in [4.69, 9.17) is 11.7 Å². The molecule has 0 aromatic carbocycles. The lowest BCUT2D eigenvalue weighted by Gasteiger charge is -2.10. The van der Waals surface area contributed by atoms with E-state index in [1.54, 1.807) is 7.05 Å². The minimum Gasteiger partial charge on any atom is -0.395 e. The van der Waals surface area contributed by atoms with Crippen molar-refractivity contribution in [1.82, 2.24) is 4.90 Å². The normalized spacial score (nSPS) is 8.50. The number of amides is 1. The van der Waals surface area contributed by atoms with Crippen molar-refractivity contribution >= 4 is 5.91 Å². The van der Waals surface area contributed by atoms with Gasteiger partial charge in [0.1, 0.15) is 0 Å². The summed E-state index contributed by atoms with van der Waals surface area (Å²) < 4.78 is 0. The summed E-state index contributed by atoms with van der Waals surface area (Å²) in [5.41, 5.74) is 0. The third-order valence-electron chi connectivity index (χ3n) is 1.08. The average Bonchev–Trinajstić information content (AvgIpc) is 1.89. The summed E-state index contributed by atoms with van der Waals surface area (Å²) in [6, 6.07) is 0. The highest BCUT2D eigenvalue weighted by Gasteiger charge is 2.08. The van der Waals surface area contributed by atoms with Crippen molar-refractivity contribution in [3.8, 4) is 0 Å². The summed E-state index contributed by atoms with van der Waals surface area (Å²) in [7, 11) is 1.56. The number of aliphatic hydroxyl groups is 1. The molecule has 1 amide bonds. The van der Waals surface area contributed by atoms with Gasteiger partial charge in [0.05, 0.1) is 6.61 Å². The Hall–Kier alpha value is -1.08. The van der Waals surface area contributed by atoms with E-state index in [0.29, 0.717) is 6.54 Å². The fourth-order valence-electron chi connectivity index (χ4n) is 0.463. The smallest absolute Gasteiger partial charge is 0.302 e. The van der Waals surface area contributed by atoms with Crippen molar-refractivity contribution in [2.45, 2.75) is 0 Å². The maximum atomic E-state index is 10.7. The van der Waals surface area contributed by atoms with Crippen LogP contribution < -0.4 is 0 Å². The van der Waals surface area contributed by atoms with E-state index in [2.05, 4.69) is 4.85 Å². The predicted molar refractivity (Wildman–Crippen MR) is 36.2 cm³/mol. The summed E-state index contributed by atoms with van der Waals surface area (Å²) in [5.74, 6) is -0.246. The lowest BCUT2D eigenvalue weighted by atomic mass is 10.5. The molecule has 0 aliphatic heterocycles. The Kier molecular flexibility index (Phi) is 4.25. The first-order chi connectivity index (χ1) is 4.72. The molecule has 10 heavy (non-hydrogen) atoms. The van der Waals surface area contributed by atoms with Crippen molar-refractivity contribution in [2.75, 3.05) is 26.7 Å². The van der Waals surface area contributed by atoms with Crippen LogP contribution in [0.15, 0.2) is 0 Å². The zero-order valence-corrected chi connectivity index (χ0v) is 5.87. The number of aliphatic hydroxyl groups excluding tert-OH is 1. The van der Waals surface area contributed by atoms with Gasteiger partial charge in [-0.3, -0.25) is 4.79 Å². The summed E-state index contributed by atoms with van der Waals surface area (Å²) >= 11 is 0. The van der Waals surface area contributed by atoms with E-state index in [1.807, 2.05) is 0 Å². The summed E-state index contributed by atoms with van der Waals surface area (Å²) in [4.78, 5) is 15.0. The van der Waals surface area contributed by atoms with Crippen LogP contribution in [0.3, 0.4) is 0 Å². The topological polar surface area (TPSA) is 44.9 Å².